The Hall–Kier alpha value is -7.21. The summed E-state index contributed by atoms with van der Waals surface area (Å²) in [6.07, 6.45) is 22.4. The minimum Gasteiger partial charge on any atom is -0.456 e. The molecule has 5 heteroatoms. The topological polar surface area (TPSA) is 51.8 Å². The lowest BCUT2D eigenvalue weighted by molar-refractivity contribution is 0.371. The number of benzene rings is 6. The van der Waals surface area contributed by atoms with Crippen LogP contribution in [0.15, 0.2) is 203 Å². The zero-order chi connectivity index (χ0) is 40.7. The van der Waals surface area contributed by atoms with Crippen molar-refractivity contribution in [3.8, 4) is 45.3 Å². The van der Waals surface area contributed by atoms with E-state index in [0.717, 1.165) is 69.0 Å². The van der Waals surface area contributed by atoms with Crippen molar-refractivity contribution in [3.05, 3.63) is 204 Å². The number of fused-ring (bicyclic) bond motifs is 11. The van der Waals surface area contributed by atoms with Gasteiger partial charge in [-0.05, 0) is 100 Å². The average Bonchev–Trinajstić information content (AvgIpc) is 3.92. The molecule has 0 fully saturated rings. The van der Waals surface area contributed by atoms with Crippen LogP contribution in [0, 0.1) is 17.8 Å². The second-order valence-electron chi connectivity index (χ2n) is 16.8. The monoisotopic (exact) mass is 813 g/mol. The largest absolute Gasteiger partial charge is 0.456 e. The van der Waals surface area contributed by atoms with Gasteiger partial charge in [0.15, 0.2) is 17.5 Å². The van der Waals surface area contributed by atoms with Crippen LogP contribution in [-0.2, 0) is 0 Å². The van der Waals surface area contributed by atoms with Gasteiger partial charge < -0.3 is 4.42 Å². The molecule has 0 spiro atoms. The summed E-state index contributed by atoms with van der Waals surface area (Å²) in [6.45, 7) is 0. The highest BCUT2D eigenvalue weighted by Gasteiger charge is 2.39. The third kappa shape index (κ3) is 5.62. The zero-order valence-corrected chi connectivity index (χ0v) is 34.6. The Kier molecular flexibility index (Phi) is 8.13. The number of furan rings is 1. The molecule has 0 saturated heterocycles. The van der Waals surface area contributed by atoms with Crippen molar-refractivity contribution in [1.29, 1.82) is 0 Å². The van der Waals surface area contributed by atoms with Gasteiger partial charge in [0, 0.05) is 53.6 Å². The van der Waals surface area contributed by atoms with E-state index in [2.05, 4.69) is 164 Å². The number of aromatic nitrogens is 3. The summed E-state index contributed by atoms with van der Waals surface area (Å²) in [6, 6.07) is 46.9. The van der Waals surface area contributed by atoms with Crippen molar-refractivity contribution in [2.45, 2.75) is 19.3 Å². The molecule has 3 heterocycles. The van der Waals surface area contributed by atoms with Crippen LogP contribution in [0.4, 0.5) is 0 Å². The predicted molar refractivity (Wildman–Crippen MR) is 257 cm³/mol. The van der Waals surface area contributed by atoms with Gasteiger partial charge in [-0.25, -0.2) is 15.0 Å². The molecule has 3 unspecified atom stereocenters. The van der Waals surface area contributed by atoms with E-state index < -0.39 is 0 Å². The molecule has 3 aromatic heterocycles. The highest BCUT2D eigenvalue weighted by Crippen LogP contribution is 2.52. The molecule has 9 aromatic rings. The lowest BCUT2D eigenvalue weighted by atomic mass is 9.61. The number of allylic oxidation sites excluding steroid dienone is 12. The number of thiophene rings is 1. The summed E-state index contributed by atoms with van der Waals surface area (Å²) in [5.74, 6) is 3.41. The van der Waals surface area contributed by atoms with E-state index in [4.69, 9.17) is 19.4 Å². The molecule has 0 N–H and O–H groups in total. The highest BCUT2D eigenvalue weighted by atomic mass is 32.1. The fourth-order valence-electron chi connectivity index (χ4n) is 10.7. The van der Waals surface area contributed by atoms with E-state index in [1.54, 1.807) is 16.9 Å². The Bertz CT molecular complexity index is 3520. The fraction of sp³-hybridized carbons (Fsp3) is 0.105. The predicted octanol–water partition coefficient (Wildman–Crippen LogP) is 15.2. The van der Waals surface area contributed by atoms with Crippen LogP contribution in [0.2, 0.25) is 0 Å². The van der Waals surface area contributed by atoms with E-state index >= 15 is 0 Å². The van der Waals surface area contributed by atoms with E-state index in [0.29, 0.717) is 35.2 Å². The van der Waals surface area contributed by atoms with Gasteiger partial charge in [-0.2, -0.15) is 0 Å². The molecule has 4 aliphatic rings. The first-order chi connectivity index (χ1) is 30.7. The van der Waals surface area contributed by atoms with Crippen LogP contribution in [0.5, 0.6) is 0 Å². The number of nitrogens with zero attached hydrogens (tertiary/aromatic N) is 3. The van der Waals surface area contributed by atoms with Crippen LogP contribution >= 0.6 is 11.3 Å². The van der Waals surface area contributed by atoms with E-state index in [1.807, 2.05) is 18.2 Å². The maximum absolute atomic E-state index is 6.64. The Morgan fingerprint density at radius 3 is 2.27 bits per heavy atom. The Balaban J connectivity index is 0.966. The van der Waals surface area contributed by atoms with Gasteiger partial charge in [-0.1, -0.05) is 152 Å². The fourth-order valence-corrected chi connectivity index (χ4v) is 11.8. The van der Waals surface area contributed by atoms with Gasteiger partial charge in [-0.15, -0.1) is 11.3 Å². The molecule has 0 amide bonds. The van der Waals surface area contributed by atoms with Gasteiger partial charge in [0.05, 0.1) is 0 Å². The Morgan fingerprint density at radius 1 is 0.581 bits per heavy atom. The number of hydrogen-bond acceptors (Lipinski definition) is 5. The molecule has 0 saturated carbocycles. The molecule has 0 bridgehead atoms. The van der Waals surface area contributed by atoms with Crippen molar-refractivity contribution in [3.63, 3.8) is 0 Å². The third-order valence-corrected chi connectivity index (χ3v) is 14.6. The third-order valence-electron chi connectivity index (χ3n) is 13.5. The Labute approximate surface area is 363 Å². The summed E-state index contributed by atoms with van der Waals surface area (Å²) in [5.41, 5.74) is 13.9. The first-order valence-corrected chi connectivity index (χ1v) is 22.5. The van der Waals surface area contributed by atoms with Gasteiger partial charge in [0.25, 0.3) is 0 Å². The van der Waals surface area contributed by atoms with Crippen molar-refractivity contribution >= 4 is 59.0 Å². The molecule has 4 aliphatic carbocycles. The minimum absolute atomic E-state index is 0.475. The first-order valence-electron chi connectivity index (χ1n) is 21.7. The second kappa shape index (κ2) is 14.2. The Morgan fingerprint density at radius 2 is 1.34 bits per heavy atom. The minimum atomic E-state index is 0.475. The van der Waals surface area contributed by atoms with Crippen molar-refractivity contribution in [1.82, 2.24) is 15.0 Å². The second-order valence-corrected chi connectivity index (χ2v) is 17.9. The quantitative estimate of drug-likeness (QED) is 0.174. The van der Waals surface area contributed by atoms with E-state index in [1.165, 1.54) is 42.5 Å². The van der Waals surface area contributed by atoms with Crippen molar-refractivity contribution < 1.29 is 4.42 Å². The van der Waals surface area contributed by atoms with Crippen LogP contribution in [0.1, 0.15) is 24.8 Å². The highest BCUT2D eigenvalue weighted by molar-refractivity contribution is 7.25. The summed E-state index contributed by atoms with van der Waals surface area (Å²) in [5, 5.41) is 4.58. The molecule has 0 radical (unpaired) electrons. The van der Waals surface area contributed by atoms with Crippen LogP contribution < -0.4 is 0 Å². The van der Waals surface area contributed by atoms with E-state index in [9.17, 15) is 0 Å². The molecule has 0 aliphatic heterocycles. The van der Waals surface area contributed by atoms with Crippen LogP contribution in [0.25, 0.3) is 93.0 Å². The van der Waals surface area contributed by atoms with Crippen molar-refractivity contribution in [2.24, 2.45) is 17.8 Å². The molecular weight excluding hydrogens is 775 g/mol. The molecule has 13 rings (SSSR count). The average molecular weight is 814 g/mol. The van der Waals surface area contributed by atoms with Crippen LogP contribution in [0.3, 0.4) is 0 Å². The maximum Gasteiger partial charge on any atom is 0.164 e. The number of hydrogen-bond donors (Lipinski definition) is 0. The summed E-state index contributed by atoms with van der Waals surface area (Å²) < 4.78 is 9.10. The van der Waals surface area contributed by atoms with Gasteiger partial charge in [0.2, 0.25) is 0 Å². The maximum atomic E-state index is 6.64. The van der Waals surface area contributed by atoms with Gasteiger partial charge >= 0.3 is 0 Å². The first kappa shape index (κ1) is 35.5. The molecule has 4 nitrogen and oxygen atoms in total. The summed E-state index contributed by atoms with van der Waals surface area (Å²) in [7, 11) is 0. The molecule has 6 aromatic carbocycles. The summed E-state index contributed by atoms with van der Waals surface area (Å²) in [4.78, 5) is 15.8. The number of rotatable bonds is 5. The molecule has 294 valence electrons. The molecular formula is C57H39N3OS. The van der Waals surface area contributed by atoms with Gasteiger partial charge in [0.1, 0.15) is 11.2 Å². The lowest BCUT2D eigenvalue weighted by Gasteiger charge is -2.43. The molecule has 3 atom stereocenters. The standard InChI is InChI=1S/C57H39N3OS/c1-2-14-34(15-3-1)55-58-56(60-57(59-55)46-24-13-27-52-54(46)45-22-10-11-26-51(45)62-52)44-21-9-8-20-41(44)43-23-12-25-50-53(43)48-33-36(29-31-49(48)61-50)35-28-30-42-39-18-5-4-16-37(39)38-17-6-7-19-40(38)47(42)32-35/h1-6,8-18,20-29,31-33,37,39,42H,7,19,30H2. The van der Waals surface area contributed by atoms with Crippen molar-refractivity contribution in [2.75, 3.05) is 0 Å². The normalized spacial score (nSPS) is 19.2. The lowest BCUT2D eigenvalue weighted by Crippen LogP contribution is -2.32. The smallest absolute Gasteiger partial charge is 0.164 e. The van der Waals surface area contributed by atoms with Gasteiger partial charge in [-0.3, -0.25) is 0 Å². The molecule has 62 heavy (non-hydrogen) atoms. The SMILES string of the molecule is C1=CC2C3=C(CCC=C3)C3=CC(c4ccc5oc6cccc(-c7ccccc7-c7nc(-c8ccccc8)nc(-c8cccc9sc%10ccccc%10c89)n7)c6c5c4)=CCC3C2C=C1. The van der Waals surface area contributed by atoms with E-state index in [-0.39, 0.29) is 0 Å². The summed E-state index contributed by atoms with van der Waals surface area (Å²) >= 11 is 1.80. The zero-order valence-electron chi connectivity index (χ0n) is 33.8. The van der Waals surface area contributed by atoms with Crippen LogP contribution in [-0.4, -0.2) is 15.0 Å².